The van der Waals surface area contributed by atoms with Gasteiger partial charge < -0.3 is 10.5 Å². The van der Waals surface area contributed by atoms with Crippen LogP contribution in [0.2, 0.25) is 0 Å². The van der Waals surface area contributed by atoms with Crippen molar-refractivity contribution in [3.63, 3.8) is 0 Å². The van der Waals surface area contributed by atoms with Crippen LogP contribution in [0.4, 0.5) is 16.4 Å². The summed E-state index contributed by atoms with van der Waals surface area (Å²) < 4.78 is 11.7. The van der Waals surface area contributed by atoms with Crippen molar-refractivity contribution in [3.05, 3.63) is 162 Å². The number of hydrogen-bond acceptors (Lipinski definition) is 12. The summed E-state index contributed by atoms with van der Waals surface area (Å²) in [5.41, 5.74) is 13.6. The van der Waals surface area contributed by atoms with Gasteiger partial charge in [0.25, 0.3) is 0 Å². The molecule has 6 heterocycles. The van der Waals surface area contributed by atoms with Crippen LogP contribution in [-0.4, -0.2) is 40.5 Å². The topological polar surface area (TPSA) is 259 Å². The van der Waals surface area contributed by atoms with Gasteiger partial charge in [0.15, 0.2) is 5.82 Å². The van der Waals surface area contributed by atoms with E-state index in [1.807, 2.05) is 85.8 Å². The summed E-state index contributed by atoms with van der Waals surface area (Å²) in [6, 6.07) is 40.8. The van der Waals surface area contributed by atoms with E-state index in [9.17, 15) is 36.4 Å². The number of aryl methyl sites for hydroxylation is 1. The van der Waals surface area contributed by atoms with Gasteiger partial charge in [-0.15, -0.1) is 0 Å². The van der Waals surface area contributed by atoms with E-state index in [1.165, 1.54) is 15.2 Å². The van der Waals surface area contributed by atoms with Crippen molar-refractivity contribution < 1.29 is 9.53 Å². The summed E-state index contributed by atoms with van der Waals surface area (Å²) >= 11 is 10.2. The Hall–Kier alpha value is -8.82. The smallest absolute Gasteiger partial charge is 0.413 e. The minimum absolute atomic E-state index is 0.122. The number of pyridine rings is 3. The van der Waals surface area contributed by atoms with Gasteiger partial charge in [-0.2, -0.15) is 46.9 Å². The lowest BCUT2D eigenvalue weighted by Gasteiger charge is -2.21. The number of ether oxygens (including phenoxy) is 1. The molecule has 0 atom stereocenters. The minimum atomic E-state index is -0.722. The van der Waals surface area contributed by atoms with Crippen LogP contribution in [0.3, 0.4) is 0 Å². The highest BCUT2D eigenvalue weighted by atomic mass is 79.9. The molecule has 9 aromatic rings. The fourth-order valence-corrected chi connectivity index (χ4v) is 9.00. The van der Waals surface area contributed by atoms with E-state index in [4.69, 9.17) is 10.5 Å². The number of anilines is 2. The zero-order valence-electron chi connectivity index (χ0n) is 37.3. The summed E-state index contributed by atoms with van der Waals surface area (Å²) in [4.78, 5) is 12.4. The Labute approximate surface area is 425 Å². The van der Waals surface area contributed by atoms with Crippen molar-refractivity contribution in [2.45, 2.75) is 33.3 Å². The number of fused-ring (bicyclic) bond motifs is 3. The first-order chi connectivity index (χ1) is 33.6. The quantitative estimate of drug-likeness (QED) is 0.167. The molecule has 340 valence electrons. The van der Waals surface area contributed by atoms with Gasteiger partial charge in [-0.05, 0) is 92.2 Å². The maximum atomic E-state index is 12.4. The molecule has 0 aliphatic carbocycles. The third-order valence-electron chi connectivity index (χ3n) is 10.5. The van der Waals surface area contributed by atoms with Crippen molar-refractivity contribution in [2.75, 3.05) is 11.1 Å². The average Bonchev–Trinajstić information content (AvgIpc) is 4.08. The molecule has 0 unspecified atom stereocenters. The van der Waals surface area contributed by atoms with E-state index >= 15 is 0 Å². The molecule has 0 saturated carbocycles. The Morgan fingerprint density at radius 2 is 0.886 bits per heavy atom. The number of halogens is 3. The fourth-order valence-electron chi connectivity index (χ4n) is 7.62. The highest BCUT2D eigenvalue weighted by Crippen LogP contribution is 2.39. The van der Waals surface area contributed by atoms with E-state index in [0.717, 1.165) is 21.3 Å². The third kappa shape index (κ3) is 9.25. The molecule has 0 aliphatic rings. The van der Waals surface area contributed by atoms with Gasteiger partial charge in [0.2, 0.25) is 0 Å². The zero-order chi connectivity index (χ0) is 50.4. The molecule has 0 aliphatic heterocycles. The van der Waals surface area contributed by atoms with Crippen molar-refractivity contribution in [1.82, 2.24) is 28.8 Å². The molecule has 9 rings (SSSR count). The number of nitrogens with two attached hydrogens (primary N) is 1. The molecule has 0 spiro atoms. The highest BCUT2D eigenvalue weighted by Gasteiger charge is 2.27. The molecule has 0 fully saturated rings. The van der Waals surface area contributed by atoms with E-state index in [2.05, 4.69) is 105 Å². The van der Waals surface area contributed by atoms with Gasteiger partial charge in [-0.3, -0.25) is 5.32 Å². The van der Waals surface area contributed by atoms with Crippen molar-refractivity contribution in [2.24, 2.45) is 0 Å². The standard InChI is InChI=1S/C20H16BrN5O2.C16H9BrN4.C15H8BrN5/c1-20(2,3)28-19(27)25-18-14(10-23)16(12-7-5-4-6-8-12)13(9-22)17-15(21)11-24-26(17)18;1-10-12(7-18)15(11-5-3-2-4-6-11)13(8-19)16-14(17)9-20-21(10)16;16-12-8-20-21-14(12)10(6-17)13(11(7-18)15(21)19)9-4-2-1-3-5-9/h4-8,11H,1-3H3,(H,25,27);2-6,9H,1H3;1-5,8H,19H2. The SMILES string of the molecule is CC(C)(C)OC(=O)Nc1c(C#N)c(-c2ccccc2)c(C#N)c2c(Br)cnn12.Cc1c(C#N)c(-c2ccccc2)c(C#N)c2c(Br)cnn12.N#Cc1c(-c2ccccc2)c(C#N)c2c(Br)cnn2c1N. The highest BCUT2D eigenvalue weighted by molar-refractivity contribution is 9.11. The Balaban J connectivity index is 0.000000157. The van der Waals surface area contributed by atoms with Crippen LogP contribution >= 0.6 is 47.8 Å². The Kier molecular flexibility index (Phi) is 14.4. The number of carbonyl (C=O) groups excluding carboxylic acids is 1. The lowest BCUT2D eigenvalue weighted by Crippen LogP contribution is -2.28. The van der Waals surface area contributed by atoms with Gasteiger partial charge in [0, 0.05) is 16.7 Å². The van der Waals surface area contributed by atoms with Gasteiger partial charge in [-0.1, -0.05) is 91.0 Å². The largest absolute Gasteiger partial charge is 0.444 e. The number of nitrogens with one attached hydrogen (secondary N) is 1. The normalized spacial score (nSPS) is 10.5. The number of benzene rings is 3. The number of amides is 1. The van der Waals surface area contributed by atoms with E-state index in [1.54, 1.807) is 49.8 Å². The van der Waals surface area contributed by atoms with Crippen molar-refractivity contribution in [1.29, 1.82) is 31.6 Å². The first-order valence-corrected chi connectivity index (χ1v) is 23.0. The maximum absolute atomic E-state index is 12.4. The third-order valence-corrected chi connectivity index (χ3v) is 12.2. The average molecular weight is 1110 g/mol. The number of nitrogen functional groups attached to an aromatic ring is 1. The molecule has 6 aromatic heterocycles. The Morgan fingerprint density at radius 3 is 1.29 bits per heavy atom. The summed E-state index contributed by atoms with van der Waals surface area (Å²) in [6.45, 7) is 7.06. The van der Waals surface area contributed by atoms with Crippen LogP contribution in [0.15, 0.2) is 123 Å². The Morgan fingerprint density at radius 1 is 0.543 bits per heavy atom. The summed E-state index contributed by atoms with van der Waals surface area (Å²) in [5.74, 6) is 0.353. The summed E-state index contributed by atoms with van der Waals surface area (Å²) in [7, 11) is 0. The number of aromatic nitrogens is 6. The number of nitrogens with zero attached hydrogens (tertiary/aromatic N) is 12. The van der Waals surface area contributed by atoms with Crippen molar-refractivity contribution >= 4 is 82.1 Å². The van der Waals surface area contributed by atoms with E-state index in [0.29, 0.717) is 64.4 Å². The van der Waals surface area contributed by atoms with E-state index in [-0.39, 0.29) is 28.3 Å². The molecule has 1 amide bonds. The van der Waals surface area contributed by atoms with Gasteiger partial charge >= 0.3 is 6.09 Å². The van der Waals surface area contributed by atoms with Crippen LogP contribution in [0.1, 0.15) is 59.8 Å². The predicted molar refractivity (Wildman–Crippen MR) is 272 cm³/mol. The minimum Gasteiger partial charge on any atom is -0.444 e. The molecular weight excluding hydrogens is 1080 g/mol. The van der Waals surface area contributed by atoms with Gasteiger partial charge in [-0.25, -0.2) is 18.3 Å². The molecule has 16 nitrogen and oxygen atoms in total. The Bertz CT molecular complexity index is 3640. The summed E-state index contributed by atoms with van der Waals surface area (Å²) in [5, 5.41) is 73.1. The predicted octanol–water partition coefficient (Wildman–Crippen LogP) is 11.8. The molecule has 19 heteroatoms. The van der Waals surface area contributed by atoms with Crippen LogP contribution in [0, 0.1) is 74.9 Å². The van der Waals surface area contributed by atoms with Crippen LogP contribution in [-0.2, 0) is 4.74 Å². The number of rotatable bonds is 4. The van der Waals surface area contributed by atoms with Crippen molar-refractivity contribution in [3.8, 4) is 69.8 Å². The summed E-state index contributed by atoms with van der Waals surface area (Å²) in [6.07, 6.45) is 3.98. The molecule has 3 aromatic carbocycles. The second-order valence-corrected chi connectivity index (χ2v) is 18.4. The fraction of sp³-hybridized carbons (Fsp3) is 0.0980. The maximum Gasteiger partial charge on any atom is 0.413 e. The van der Waals surface area contributed by atoms with Gasteiger partial charge in [0.1, 0.15) is 70.0 Å². The molecule has 0 radical (unpaired) electrons. The second kappa shape index (κ2) is 20.6. The zero-order valence-corrected chi connectivity index (χ0v) is 42.0. The molecular formula is C51H33Br3N14O2. The molecule has 70 heavy (non-hydrogen) atoms. The monoisotopic (exact) mass is 1110 g/mol. The van der Waals surface area contributed by atoms with E-state index < -0.39 is 11.7 Å². The van der Waals surface area contributed by atoms with Crippen LogP contribution in [0.25, 0.3) is 49.9 Å². The van der Waals surface area contributed by atoms with Crippen LogP contribution in [0.5, 0.6) is 0 Å². The van der Waals surface area contributed by atoms with Gasteiger partial charge in [0.05, 0.1) is 65.5 Å². The molecule has 0 bridgehead atoms. The number of hydrogen-bond donors (Lipinski definition) is 2. The van der Waals surface area contributed by atoms with Crippen LogP contribution < -0.4 is 11.1 Å². The number of carbonyl (C=O) groups is 1. The molecule has 3 N–H and O–H groups in total. The molecule has 0 saturated heterocycles. The lowest BCUT2D eigenvalue weighted by molar-refractivity contribution is 0.0635. The second-order valence-electron chi connectivity index (χ2n) is 15.8. The lowest BCUT2D eigenvalue weighted by atomic mass is 9.94. The first-order valence-electron chi connectivity index (χ1n) is 20.6. The first kappa shape index (κ1) is 49.1. The number of nitriles is 6.